The number of hydrogen-bond donors (Lipinski definition) is 1. The van der Waals surface area contributed by atoms with Crippen LogP contribution in [-0.2, 0) is 21.4 Å². The van der Waals surface area contributed by atoms with Gasteiger partial charge in [0.25, 0.3) is 0 Å². The van der Waals surface area contributed by atoms with E-state index >= 15 is 0 Å². The van der Waals surface area contributed by atoms with Gasteiger partial charge in [0, 0.05) is 36.4 Å². The molecule has 1 aliphatic rings. The van der Waals surface area contributed by atoms with E-state index in [0.717, 1.165) is 29.1 Å². The predicted octanol–water partition coefficient (Wildman–Crippen LogP) is 3.09. The zero-order valence-electron chi connectivity index (χ0n) is 17.1. The average Bonchev–Trinajstić information content (AvgIpc) is 3.13. The van der Waals surface area contributed by atoms with Crippen LogP contribution in [0.4, 0.5) is 5.69 Å². The quantitative estimate of drug-likeness (QED) is 0.721. The maximum Gasteiger partial charge on any atom is 0.243 e. The molecule has 0 saturated carbocycles. The Balaban J connectivity index is 1.60. The Bertz CT molecular complexity index is 935. The summed E-state index contributed by atoms with van der Waals surface area (Å²) < 4.78 is 27.0. The Kier molecular flexibility index (Phi) is 7.05. The average molecular weight is 437 g/mol. The molecule has 1 amide bonds. The lowest BCUT2D eigenvalue weighted by Gasteiger charge is -2.26. The molecule has 158 valence electrons. The third kappa shape index (κ3) is 5.42. The van der Waals surface area contributed by atoms with Gasteiger partial charge >= 0.3 is 0 Å². The van der Waals surface area contributed by atoms with E-state index in [-0.39, 0.29) is 16.8 Å². The van der Waals surface area contributed by atoms with Gasteiger partial charge in [-0.25, -0.2) is 13.4 Å². The highest BCUT2D eigenvalue weighted by Crippen LogP contribution is 2.22. The van der Waals surface area contributed by atoms with Crippen molar-refractivity contribution in [2.24, 2.45) is 0 Å². The van der Waals surface area contributed by atoms with Gasteiger partial charge < -0.3 is 5.32 Å². The van der Waals surface area contributed by atoms with Crippen molar-refractivity contribution in [3.63, 3.8) is 0 Å². The van der Waals surface area contributed by atoms with Gasteiger partial charge in [0.05, 0.1) is 15.9 Å². The van der Waals surface area contributed by atoms with Crippen molar-refractivity contribution in [2.75, 3.05) is 25.5 Å². The van der Waals surface area contributed by atoms with Crippen LogP contribution in [0.5, 0.6) is 0 Å². The summed E-state index contributed by atoms with van der Waals surface area (Å²) in [5.74, 6) is -0.139. The van der Waals surface area contributed by atoms with Crippen LogP contribution < -0.4 is 5.32 Å². The summed E-state index contributed by atoms with van der Waals surface area (Å²) in [6.07, 6.45) is 4.72. The first-order valence-corrected chi connectivity index (χ1v) is 12.1. The highest BCUT2D eigenvalue weighted by atomic mass is 32.2. The Morgan fingerprint density at radius 2 is 1.90 bits per heavy atom. The molecule has 0 radical (unpaired) electrons. The van der Waals surface area contributed by atoms with E-state index in [1.54, 1.807) is 39.9 Å². The van der Waals surface area contributed by atoms with Crippen LogP contribution in [-0.4, -0.2) is 54.7 Å². The fourth-order valence-electron chi connectivity index (χ4n) is 3.27. The van der Waals surface area contributed by atoms with Crippen LogP contribution in [0.3, 0.4) is 0 Å². The molecular weight excluding hydrogens is 408 g/mol. The van der Waals surface area contributed by atoms with Gasteiger partial charge in [-0.2, -0.15) is 4.31 Å². The minimum Gasteiger partial charge on any atom is -0.325 e. The number of aryl methyl sites for hydroxylation is 1. The Hall–Kier alpha value is -1.81. The third-order valence-corrected chi connectivity index (χ3v) is 8.00. The highest BCUT2D eigenvalue weighted by Gasteiger charge is 2.26. The third-order valence-electron chi connectivity index (χ3n) is 5.19. The molecule has 1 aliphatic heterocycles. The first-order chi connectivity index (χ1) is 13.8. The van der Waals surface area contributed by atoms with Gasteiger partial charge in [0.2, 0.25) is 15.9 Å². The van der Waals surface area contributed by atoms with E-state index in [2.05, 4.69) is 10.3 Å². The number of amides is 1. The van der Waals surface area contributed by atoms with Crippen molar-refractivity contribution in [1.29, 1.82) is 0 Å². The topological polar surface area (TPSA) is 82.6 Å². The summed E-state index contributed by atoms with van der Waals surface area (Å²) in [6, 6.07) is 6.08. The van der Waals surface area contributed by atoms with Crippen LogP contribution in [0.2, 0.25) is 0 Å². The summed E-state index contributed by atoms with van der Waals surface area (Å²) in [6.45, 7) is 5.60. The summed E-state index contributed by atoms with van der Waals surface area (Å²) in [5, 5.41) is 3.88. The molecule has 1 saturated heterocycles. The maximum absolute atomic E-state index is 12.7. The number of carbonyl (C=O) groups excluding carboxylic acids is 1. The molecule has 0 spiro atoms. The second-order valence-corrected chi connectivity index (χ2v) is 10.7. The Morgan fingerprint density at radius 3 is 2.48 bits per heavy atom. The molecule has 1 aromatic carbocycles. The van der Waals surface area contributed by atoms with Crippen molar-refractivity contribution in [3.05, 3.63) is 40.3 Å². The number of rotatable bonds is 7. The molecule has 1 aromatic heterocycles. The van der Waals surface area contributed by atoms with Gasteiger partial charge in [0.15, 0.2) is 0 Å². The number of aromatic nitrogens is 1. The molecule has 0 bridgehead atoms. The molecular formula is C20H28N4O3S2. The molecule has 1 unspecified atom stereocenters. The molecule has 3 rings (SSSR count). The number of nitrogens with one attached hydrogen (secondary N) is 1. The largest absolute Gasteiger partial charge is 0.325 e. The zero-order valence-corrected chi connectivity index (χ0v) is 18.7. The summed E-state index contributed by atoms with van der Waals surface area (Å²) in [5.41, 5.74) is 0.585. The number of sulfonamides is 1. The van der Waals surface area contributed by atoms with E-state index in [1.165, 1.54) is 0 Å². The standard InChI is InChI=1S/C20H28N4O3S2/c1-15(23(3)14-18-13-21-16(2)28-18)20(25)22-17-7-9-19(10-8-17)29(26,27)24-11-5-4-6-12-24/h7-10,13,15H,4-6,11-12,14H2,1-3H3,(H,22,25). The lowest BCUT2D eigenvalue weighted by Crippen LogP contribution is -2.39. The van der Waals surface area contributed by atoms with Crippen LogP contribution in [0.15, 0.2) is 35.4 Å². The molecule has 7 nitrogen and oxygen atoms in total. The monoisotopic (exact) mass is 436 g/mol. The van der Waals surface area contributed by atoms with Crippen LogP contribution in [0.25, 0.3) is 0 Å². The van der Waals surface area contributed by atoms with Gasteiger partial charge in [0.1, 0.15) is 0 Å². The van der Waals surface area contributed by atoms with Crippen molar-refractivity contribution in [1.82, 2.24) is 14.2 Å². The number of likely N-dealkylation sites (N-methyl/N-ethyl adjacent to an activating group) is 1. The summed E-state index contributed by atoms with van der Waals surface area (Å²) in [4.78, 5) is 20.2. The van der Waals surface area contributed by atoms with E-state index < -0.39 is 10.0 Å². The van der Waals surface area contributed by atoms with E-state index in [9.17, 15) is 13.2 Å². The van der Waals surface area contributed by atoms with Crippen molar-refractivity contribution in [3.8, 4) is 0 Å². The minimum absolute atomic E-state index is 0.139. The number of nitrogens with zero attached hydrogens (tertiary/aromatic N) is 3. The van der Waals surface area contributed by atoms with Gasteiger partial charge in [-0.15, -0.1) is 11.3 Å². The van der Waals surface area contributed by atoms with E-state index in [4.69, 9.17) is 0 Å². The molecule has 29 heavy (non-hydrogen) atoms. The van der Waals surface area contributed by atoms with Crippen LogP contribution in [0.1, 0.15) is 36.1 Å². The van der Waals surface area contributed by atoms with E-state index in [0.29, 0.717) is 25.3 Å². The SMILES string of the molecule is Cc1ncc(CN(C)C(C)C(=O)Nc2ccc(S(=O)(=O)N3CCCCC3)cc2)s1. The van der Waals surface area contributed by atoms with Crippen molar-refractivity contribution < 1.29 is 13.2 Å². The predicted molar refractivity (Wildman–Crippen MR) is 115 cm³/mol. The lowest BCUT2D eigenvalue weighted by atomic mass is 10.2. The van der Waals surface area contributed by atoms with Crippen LogP contribution >= 0.6 is 11.3 Å². The highest BCUT2D eigenvalue weighted by molar-refractivity contribution is 7.89. The maximum atomic E-state index is 12.7. The number of benzene rings is 1. The molecule has 1 fully saturated rings. The Labute approximate surface area is 176 Å². The van der Waals surface area contributed by atoms with Crippen LogP contribution in [0, 0.1) is 6.92 Å². The minimum atomic E-state index is -3.46. The van der Waals surface area contributed by atoms with Gasteiger partial charge in [-0.3, -0.25) is 9.69 Å². The molecule has 2 heterocycles. The fraction of sp³-hybridized carbons (Fsp3) is 0.500. The fourth-order valence-corrected chi connectivity index (χ4v) is 5.65. The van der Waals surface area contributed by atoms with Crippen molar-refractivity contribution >= 4 is 33.0 Å². The smallest absolute Gasteiger partial charge is 0.243 e. The summed E-state index contributed by atoms with van der Waals surface area (Å²) in [7, 11) is -1.57. The molecule has 0 aliphatic carbocycles. The zero-order chi connectivity index (χ0) is 21.0. The number of carbonyl (C=O) groups is 1. The number of thiazole rings is 1. The second kappa shape index (κ2) is 9.34. The number of piperidine rings is 1. The molecule has 1 atom stereocenters. The first-order valence-electron chi connectivity index (χ1n) is 9.80. The Morgan fingerprint density at radius 1 is 1.24 bits per heavy atom. The van der Waals surface area contributed by atoms with Gasteiger partial charge in [-0.05, 0) is 58.0 Å². The van der Waals surface area contributed by atoms with Gasteiger partial charge in [-0.1, -0.05) is 6.42 Å². The number of anilines is 1. The molecule has 2 aromatic rings. The van der Waals surface area contributed by atoms with E-state index in [1.807, 2.05) is 32.0 Å². The second-order valence-electron chi connectivity index (χ2n) is 7.42. The molecule has 1 N–H and O–H groups in total. The van der Waals surface area contributed by atoms with Crippen molar-refractivity contribution in [2.45, 2.75) is 50.6 Å². The molecule has 9 heteroatoms. The summed E-state index contributed by atoms with van der Waals surface area (Å²) >= 11 is 1.62. The lowest BCUT2D eigenvalue weighted by molar-refractivity contribution is -0.120. The normalized spacial score (nSPS) is 16.7. The number of hydrogen-bond acceptors (Lipinski definition) is 6. The first kappa shape index (κ1) is 21.9.